The van der Waals surface area contributed by atoms with E-state index in [4.69, 9.17) is 0 Å². The number of rotatable bonds is 4. The predicted octanol–water partition coefficient (Wildman–Crippen LogP) is 3.57. The molecule has 2 rings (SSSR count). The molecule has 1 aromatic heterocycles. The number of methoxy groups -OCH3 is 1. The zero-order chi connectivity index (χ0) is 16.2. The summed E-state index contributed by atoms with van der Waals surface area (Å²) in [5.74, 6) is -0.131. The quantitative estimate of drug-likeness (QED) is 0.488. The van der Waals surface area contributed by atoms with E-state index in [0.29, 0.717) is 11.3 Å². The highest BCUT2D eigenvalue weighted by Gasteiger charge is 2.32. The molecule has 0 aliphatic rings. The van der Waals surface area contributed by atoms with Crippen LogP contribution >= 0.6 is 11.8 Å². The fourth-order valence-corrected chi connectivity index (χ4v) is 2.40. The molecule has 22 heavy (non-hydrogen) atoms. The molecule has 2 aromatic rings. The summed E-state index contributed by atoms with van der Waals surface area (Å²) in [5, 5.41) is 0.0262. The first-order valence-electron chi connectivity index (χ1n) is 6.10. The first kappa shape index (κ1) is 16.3. The Balaban J connectivity index is 2.09. The van der Waals surface area contributed by atoms with Gasteiger partial charge in [0.15, 0.2) is 5.16 Å². The van der Waals surface area contributed by atoms with Crippen LogP contribution in [-0.2, 0) is 16.7 Å². The average Bonchev–Trinajstić information content (AvgIpc) is 2.52. The smallest absolute Gasteiger partial charge is 0.433 e. The van der Waals surface area contributed by atoms with Gasteiger partial charge in [0.1, 0.15) is 5.69 Å². The molecule has 0 saturated heterocycles. The first-order valence-corrected chi connectivity index (χ1v) is 7.09. The van der Waals surface area contributed by atoms with Crippen LogP contribution in [0.5, 0.6) is 0 Å². The van der Waals surface area contributed by atoms with E-state index in [2.05, 4.69) is 14.7 Å². The Morgan fingerprint density at radius 3 is 2.77 bits per heavy atom. The Morgan fingerprint density at radius 1 is 1.32 bits per heavy atom. The molecule has 0 aliphatic heterocycles. The zero-order valence-corrected chi connectivity index (χ0v) is 12.2. The Morgan fingerprint density at radius 2 is 2.09 bits per heavy atom. The number of hydrogen-bond donors (Lipinski definition) is 0. The van der Waals surface area contributed by atoms with Crippen molar-refractivity contribution in [3.05, 3.63) is 53.3 Å². The molecule has 0 unspecified atom stereocenters. The van der Waals surface area contributed by atoms with Crippen molar-refractivity contribution in [3.8, 4) is 0 Å². The second-order valence-corrected chi connectivity index (χ2v) is 5.15. The molecular weight excluding hydrogens is 317 g/mol. The SMILES string of the molecule is COC(=O)c1cccc(CSc2nccc(C(F)(F)F)n2)c1. The summed E-state index contributed by atoms with van der Waals surface area (Å²) in [6.45, 7) is 0. The lowest BCUT2D eigenvalue weighted by atomic mass is 10.1. The molecule has 0 saturated carbocycles. The average molecular weight is 328 g/mol. The zero-order valence-electron chi connectivity index (χ0n) is 11.4. The van der Waals surface area contributed by atoms with Crippen molar-refractivity contribution in [2.45, 2.75) is 17.1 Å². The standard InChI is InChI=1S/C14H11F3N2O2S/c1-21-12(20)10-4-2-3-9(7-10)8-22-13-18-6-5-11(19-13)14(15,16)17/h2-7H,8H2,1H3. The van der Waals surface area contributed by atoms with Gasteiger partial charge in [0, 0.05) is 11.9 Å². The van der Waals surface area contributed by atoms with Gasteiger partial charge in [-0.25, -0.2) is 14.8 Å². The maximum Gasteiger partial charge on any atom is 0.433 e. The molecule has 0 spiro atoms. The molecule has 1 heterocycles. The number of thioether (sulfide) groups is 1. The predicted molar refractivity (Wildman–Crippen MR) is 74.4 cm³/mol. The van der Waals surface area contributed by atoms with E-state index in [9.17, 15) is 18.0 Å². The lowest BCUT2D eigenvalue weighted by Crippen LogP contribution is -2.08. The van der Waals surface area contributed by atoms with E-state index in [1.54, 1.807) is 24.3 Å². The number of halogens is 3. The summed E-state index contributed by atoms with van der Waals surface area (Å²) < 4.78 is 42.3. The number of esters is 1. The van der Waals surface area contributed by atoms with E-state index in [-0.39, 0.29) is 5.16 Å². The summed E-state index contributed by atoms with van der Waals surface area (Å²) in [7, 11) is 1.28. The molecule has 8 heteroatoms. The Kier molecular flexibility index (Phi) is 5.02. The van der Waals surface area contributed by atoms with Gasteiger partial charge in [0.25, 0.3) is 0 Å². The molecule has 0 aliphatic carbocycles. The van der Waals surface area contributed by atoms with E-state index in [1.165, 1.54) is 7.11 Å². The maximum atomic E-state index is 12.6. The third-order valence-electron chi connectivity index (χ3n) is 2.64. The van der Waals surface area contributed by atoms with Crippen LogP contribution in [0, 0.1) is 0 Å². The van der Waals surface area contributed by atoms with Crippen LogP contribution in [0.25, 0.3) is 0 Å². The van der Waals surface area contributed by atoms with Gasteiger partial charge >= 0.3 is 12.1 Å². The van der Waals surface area contributed by atoms with Gasteiger partial charge in [-0.05, 0) is 23.8 Å². The van der Waals surface area contributed by atoms with E-state index in [0.717, 1.165) is 29.6 Å². The number of hydrogen-bond acceptors (Lipinski definition) is 5. The minimum absolute atomic E-state index is 0.0262. The van der Waals surface area contributed by atoms with Gasteiger partial charge in [0.05, 0.1) is 12.7 Å². The van der Waals surface area contributed by atoms with Crippen molar-refractivity contribution in [1.82, 2.24) is 9.97 Å². The second kappa shape index (κ2) is 6.78. The monoisotopic (exact) mass is 328 g/mol. The molecule has 0 atom stereocenters. The highest BCUT2D eigenvalue weighted by atomic mass is 32.2. The number of benzene rings is 1. The van der Waals surface area contributed by atoms with Crippen LogP contribution in [0.1, 0.15) is 21.6 Å². The van der Waals surface area contributed by atoms with Crippen LogP contribution in [0.15, 0.2) is 41.7 Å². The Hall–Kier alpha value is -2.09. The van der Waals surface area contributed by atoms with Gasteiger partial charge in [-0.3, -0.25) is 0 Å². The number of ether oxygens (including phenoxy) is 1. The normalized spacial score (nSPS) is 11.3. The largest absolute Gasteiger partial charge is 0.465 e. The summed E-state index contributed by atoms with van der Waals surface area (Å²) in [4.78, 5) is 18.7. The fraction of sp³-hybridized carbons (Fsp3) is 0.214. The molecular formula is C14H11F3N2O2S. The van der Waals surface area contributed by atoms with Crippen molar-refractivity contribution in [3.63, 3.8) is 0 Å². The lowest BCUT2D eigenvalue weighted by Gasteiger charge is -2.07. The van der Waals surface area contributed by atoms with Crippen LogP contribution in [-0.4, -0.2) is 23.0 Å². The summed E-state index contributed by atoms with van der Waals surface area (Å²) in [6, 6.07) is 7.47. The highest BCUT2D eigenvalue weighted by molar-refractivity contribution is 7.98. The van der Waals surface area contributed by atoms with E-state index in [1.807, 2.05) is 0 Å². The summed E-state index contributed by atoms with van der Waals surface area (Å²) in [5.41, 5.74) is 0.160. The molecule has 0 amide bonds. The van der Waals surface area contributed by atoms with Gasteiger partial charge in [-0.2, -0.15) is 13.2 Å². The van der Waals surface area contributed by atoms with Gasteiger partial charge < -0.3 is 4.74 Å². The molecule has 0 fully saturated rings. The number of nitrogens with zero attached hydrogens (tertiary/aromatic N) is 2. The lowest BCUT2D eigenvalue weighted by molar-refractivity contribution is -0.141. The highest BCUT2D eigenvalue weighted by Crippen LogP contribution is 2.29. The molecule has 4 nitrogen and oxygen atoms in total. The molecule has 1 aromatic carbocycles. The summed E-state index contributed by atoms with van der Waals surface area (Å²) in [6.07, 6.45) is -3.42. The van der Waals surface area contributed by atoms with Crippen LogP contribution in [0.2, 0.25) is 0 Å². The van der Waals surface area contributed by atoms with Crippen molar-refractivity contribution < 1.29 is 22.7 Å². The van der Waals surface area contributed by atoms with Crippen LogP contribution < -0.4 is 0 Å². The van der Waals surface area contributed by atoms with Crippen LogP contribution in [0.4, 0.5) is 13.2 Å². The molecule has 0 bridgehead atoms. The number of alkyl halides is 3. The topological polar surface area (TPSA) is 52.1 Å². The number of carbonyl (C=O) groups excluding carboxylic acids is 1. The fourth-order valence-electron chi connectivity index (χ4n) is 1.62. The maximum absolute atomic E-state index is 12.6. The molecule has 0 radical (unpaired) electrons. The van der Waals surface area contributed by atoms with Gasteiger partial charge in [-0.1, -0.05) is 23.9 Å². The first-order chi connectivity index (χ1) is 10.4. The summed E-state index contributed by atoms with van der Waals surface area (Å²) >= 11 is 1.06. The third kappa shape index (κ3) is 4.20. The molecule has 0 N–H and O–H groups in total. The third-order valence-corrected chi connectivity index (χ3v) is 3.57. The number of carbonyl (C=O) groups is 1. The van der Waals surface area contributed by atoms with E-state index < -0.39 is 17.8 Å². The van der Waals surface area contributed by atoms with Crippen LogP contribution in [0.3, 0.4) is 0 Å². The van der Waals surface area contributed by atoms with Crippen molar-refractivity contribution in [1.29, 1.82) is 0 Å². The van der Waals surface area contributed by atoms with Crippen molar-refractivity contribution in [2.75, 3.05) is 7.11 Å². The number of aromatic nitrogens is 2. The minimum atomic E-state index is -4.50. The Labute approximate surface area is 128 Å². The second-order valence-electron chi connectivity index (χ2n) is 4.20. The van der Waals surface area contributed by atoms with Crippen molar-refractivity contribution >= 4 is 17.7 Å². The van der Waals surface area contributed by atoms with Gasteiger partial charge in [-0.15, -0.1) is 0 Å². The van der Waals surface area contributed by atoms with Crippen molar-refractivity contribution in [2.24, 2.45) is 0 Å². The Bertz CT molecular complexity index is 677. The minimum Gasteiger partial charge on any atom is -0.465 e. The van der Waals surface area contributed by atoms with Gasteiger partial charge in [0.2, 0.25) is 0 Å². The van der Waals surface area contributed by atoms with E-state index >= 15 is 0 Å². The molecule has 116 valence electrons.